The minimum atomic E-state index is -0.331. The van der Waals surface area contributed by atoms with E-state index in [9.17, 15) is 4.79 Å². The Hall–Kier alpha value is -4.37. The second-order valence-corrected chi connectivity index (χ2v) is 7.32. The topological polar surface area (TPSA) is 62.0 Å². The number of nitrogens with zero attached hydrogens (tertiary/aromatic N) is 2. The minimum absolute atomic E-state index is 0.155. The van der Waals surface area contributed by atoms with Crippen LogP contribution in [-0.4, -0.2) is 17.6 Å². The van der Waals surface area contributed by atoms with E-state index in [1.165, 1.54) is 0 Å². The molecular formula is C27H22N2O4. The fourth-order valence-corrected chi connectivity index (χ4v) is 3.27. The van der Waals surface area contributed by atoms with Gasteiger partial charge in [-0.2, -0.15) is 0 Å². The van der Waals surface area contributed by atoms with Crippen LogP contribution in [0.4, 0.5) is 5.69 Å². The molecule has 0 amide bonds. The van der Waals surface area contributed by atoms with Gasteiger partial charge in [0.1, 0.15) is 23.0 Å². The number of hydrogen-bond acceptors (Lipinski definition) is 5. The average Bonchev–Trinajstić information content (AvgIpc) is 2.84. The number of pyridine rings is 1. The molecule has 0 fully saturated rings. The summed E-state index contributed by atoms with van der Waals surface area (Å²) in [5.74, 6) is 1.91. The van der Waals surface area contributed by atoms with Crippen molar-refractivity contribution in [2.75, 3.05) is 6.61 Å². The molecule has 33 heavy (non-hydrogen) atoms. The van der Waals surface area contributed by atoms with Crippen molar-refractivity contribution >= 4 is 22.6 Å². The predicted molar refractivity (Wildman–Crippen MR) is 126 cm³/mol. The molecule has 0 aliphatic heterocycles. The number of ether oxygens (including phenoxy) is 3. The van der Waals surface area contributed by atoms with Gasteiger partial charge in [-0.05, 0) is 54.4 Å². The molecular weight excluding hydrogens is 416 g/mol. The Morgan fingerprint density at radius 3 is 2.48 bits per heavy atom. The molecule has 0 aliphatic rings. The third kappa shape index (κ3) is 5.46. The van der Waals surface area contributed by atoms with E-state index < -0.39 is 0 Å². The van der Waals surface area contributed by atoms with E-state index in [-0.39, 0.29) is 12.4 Å². The van der Waals surface area contributed by atoms with E-state index in [4.69, 9.17) is 20.8 Å². The van der Waals surface area contributed by atoms with Crippen LogP contribution in [0.2, 0.25) is 0 Å². The van der Waals surface area contributed by atoms with Crippen molar-refractivity contribution in [3.8, 4) is 23.0 Å². The van der Waals surface area contributed by atoms with Crippen molar-refractivity contribution in [3.63, 3.8) is 0 Å². The lowest BCUT2D eigenvalue weighted by Gasteiger charge is -2.12. The maximum Gasteiger partial charge on any atom is 0.315 e. The molecule has 0 spiro atoms. The summed E-state index contributed by atoms with van der Waals surface area (Å²) < 4.78 is 17.1. The molecule has 0 unspecified atom stereocenters. The molecule has 0 atom stereocenters. The molecule has 164 valence electrons. The maximum atomic E-state index is 12.2. The van der Waals surface area contributed by atoms with Crippen molar-refractivity contribution in [3.05, 3.63) is 96.0 Å². The molecule has 0 aliphatic carbocycles. The zero-order chi connectivity index (χ0) is 23.0. The zero-order valence-corrected chi connectivity index (χ0v) is 18.2. The Labute approximate surface area is 192 Å². The molecule has 0 saturated carbocycles. The third-order valence-corrected chi connectivity index (χ3v) is 4.84. The minimum Gasteiger partial charge on any atom is -0.505 e. The van der Waals surface area contributed by atoms with Crippen LogP contribution in [-0.2, 0) is 11.2 Å². The number of hydrogen-bond donors (Lipinski definition) is 0. The lowest BCUT2D eigenvalue weighted by molar-refractivity contribution is -0.133. The quantitative estimate of drug-likeness (QED) is 0.178. The molecule has 0 radical (unpaired) electrons. The lowest BCUT2D eigenvalue weighted by Crippen LogP contribution is -2.11. The summed E-state index contributed by atoms with van der Waals surface area (Å²) in [6.07, 6.45) is 2.67. The number of rotatable bonds is 8. The standard InChI is InChI=1S/C27H22N2O4/c1-3-15-31-26-18-23-22(17-24(26)28-2)25(13-14-29-23)32-21-11-9-19(10-12-21)16-27(30)33-20-7-5-4-6-8-20/h4-14,17-18H,3,15-16H2,1H3. The number of benzene rings is 3. The molecule has 4 rings (SSSR count). The van der Waals surface area contributed by atoms with Crippen molar-refractivity contribution in [2.24, 2.45) is 0 Å². The van der Waals surface area contributed by atoms with Gasteiger partial charge in [0, 0.05) is 11.6 Å². The van der Waals surface area contributed by atoms with Crippen LogP contribution in [0.25, 0.3) is 15.7 Å². The molecule has 4 aromatic rings. The summed E-state index contributed by atoms with van der Waals surface area (Å²) in [6.45, 7) is 10.0. The van der Waals surface area contributed by atoms with Gasteiger partial charge in [-0.15, -0.1) is 0 Å². The van der Waals surface area contributed by atoms with E-state index in [0.717, 1.165) is 17.4 Å². The number of para-hydroxylation sites is 1. The fourth-order valence-electron chi connectivity index (χ4n) is 3.27. The zero-order valence-electron chi connectivity index (χ0n) is 18.2. The highest BCUT2D eigenvalue weighted by Crippen LogP contribution is 2.37. The second kappa shape index (κ2) is 10.3. The maximum absolute atomic E-state index is 12.2. The summed E-state index contributed by atoms with van der Waals surface area (Å²) in [5.41, 5.74) is 1.92. The second-order valence-electron chi connectivity index (χ2n) is 7.32. The van der Waals surface area contributed by atoms with Gasteiger partial charge in [-0.3, -0.25) is 9.78 Å². The lowest BCUT2D eigenvalue weighted by atomic mass is 10.1. The van der Waals surface area contributed by atoms with Crippen LogP contribution in [0.1, 0.15) is 18.9 Å². The Balaban J connectivity index is 1.49. The molecule has 1 heterocycles. The SMILES string of the molecule is [C-]#[N+]c1cc2c(Oc3ccc(CC(=O)Oc4ccccc4)cc3)ccnc2cc1OCCC. The summed E-state index contributed by atoms with van der Waals surface area (Å²) >= 11 is 0. The highest BCUT2D eigenvalue weighted by Gasteiger charge is 2.12. The van der Waals surface area contributed by atoms with Gasteiger partial charge in [0.15, 0.2) is 0 Å². The van der Waals surface area contributed by atoms with Crippen LogP contribution in [0.3, 0.4) is 0 Å². The van der Waals surface area contributed by atoms with Crippen molar-refractivity contribution in [2.45, 2.75) is 19.8 Å². The van der Waals surface area contributed by atoms with Gasteiger partial charge in [0.25, 0.3) is 0 Å². The Morgan fingerprint density at radius 2 is 1.76 bits per heavy atom. The number of fused-ring (bicyclic) bond motifs is 1. The number of carbonyl (C=O) groups is 1. The first kappa shape index (κ1) is 21.8. The third-order valence-electron chi connectivity index (χ3n) is 4.84. The van der Waals surface area contributed by atoms with Crippen molar-refractivity contribution < 1.29 is 19.0 Å². The average molecular weight is 438 g/mol. The number of carbonyl (C=O) groups excluding carboxylic acids is 1. The molecule has 1 aromatic heterocycles. The van der Waals surface area contributed by atoms with Crippen LogP contribution < -0.4 is 14.2 Å². The summed E-state index contributed by atoms with van der Waals surface area (Å²) in [6, 6.07) is 21.5. The Kier molecular flexibility index (Phi) is 6.81. The number of esters is 1. The molecule has 0 N–H and O–H groups in total. The first-order valence-corrected chi connectivity index (χ1v) is 10.6. The van der Waals surface area contributed by atoms with E-state index in [2.05, 4.69) is 9.83 Å². The van der Waals surface area contributed by atoms with Crippen LogP contribution in [0.5, 0.6) is 23.0 Å². The predicted octanol–water partition coefficient (Wildman–Crippen LogP) is 6.51. The van der Waals surface area contributed by atoms with E-state index in [1.807, 2.05) is 37.3 Å². The molecule has 3 aromatic carbocycles. The number of aromatic nitrogens is 1. The largest absolute Gasteiger partial charge is 0.505 e. The van der Waals surface area contributed by atoms with Gasteiger partial charge in [-0.25, -0.2) is 4.85 Å². The molecule has 6 nitrogen and oxygen atoms in total. The van der Waals surface area contributed by atoms with E-state index in [0.29, 0.717) is 40.8 Å². The van der Waals surface area contributed by atoms with Crippen molar-refractivity contribution in [1.29, 1.82) is 0 Å². The first-order valence-electron chi connectivity index (χ1n) is 10.6. The van der Waals surface area contributed by atoms with E-state index >= 15 is 0 Å². The van der Waals surface area contributed by atoms with Gasteiger partial charge in [0.2, 0.25) is 5.69 Å². The Morgan fingerprint density at radius 1 is 0.970 bits per heavy atom. The van der Waals surface area contributed by atoms with Crippen LogP contribution in [0.15, 0.2) is 79.0 Å². The van der Waals surface area contributed by atoms with Crippen LogP contribution >= 0.6 is 0 Å². The highest BCUT2D eigenvalue weighted by molar-refractivity contribution is 5.91. The van der Waals surface area contributed by atoms with Gasteiger partial charge >= 0.3 is 5.97 Å². The van der Waals surface area contributed by atoms with Gasteiger partial charge in [-0.1, -0.05) is 37.3 Å². The molecule has 0 saturated heterocycles. The fraction of sp³-hybridized carbons (Fsp3) is 0.148. The summed E-state index contributed by atoms with van der Waals surface area (Å²) in [5, 5.41) is 0.725. The van der Waals surface area contributed by atoms with Crippen molar-refractivity contribution in [1.82, 2.24) is 4.98 Å². The van der Waals surface area contributed by atoms with Crippen LogP contribution in [0, 0.1) is 6.57 Å². The van der Waals surface area contributed by atoms with E-state index in [1.54, 1.807) is 48.7 Å². The summed E-state index contributed by atoms with van der Waals surface area (Å²) in [7, 11) is 0. The van der Waals surface area contributed by atoms with Gasteiger partial charge < -0.3 is 14.2 Å². The molecule has 6 heteroatoms. The summed E-state index contributed by atoms with van der Waals surface area (Å²) in [4.78, 5) is 20.1. The first-order chi connectivity index (χ1) is 16.2. The monoisotopic (exact) mass is 438 g/mol. The Bertz CT molecular complexity index is 1300. The molecule has 0 bridgehead atoms. The van der Waals surface area contributed by atoms with Gasteiger partial charge in [0.05, 0.1) is 25.1 Å². The highest BCUT2D eigenvalue weighted by atomic mass is 16.5. The smallest absolute Gasteiger partial charge is 0.315 e. The normalized spacial score (nSPS) is 10.4.